The third kappa shape index (κ3) is 4.12. The van der Waals surface area contributed by atoms with Crippen molar-refractivity contribution in [3.63, 3.8) is 0 Å². The number of benzene rings is 1. The Kier molecular flexibility index (Phi) is 5.09. The fourth-order valence-corrected chi connectivity index (χ4v) is 3.52. The molecule has 0 saturated carbocycles. The number of nitrogens with one attached hydrogen (secondary N) is 1. The van der Waals surface area contributed by atoms with E-state index in [4.69, 9.17) is 5.73 Å². The van der Waals surface area contributed by atoms with Gasteiger partial charge in [-0.25, -0.2) is 17.5 Å². The van der Waals surface area contributed by atoms with Gasteiger partial charge in [-0.3, -0.25) is 0 Å². The van der Waals surface area contributed by atoms with Gasteiger partial charge in [-0.05, 0) is 29.6 Å². The molecule has 0 aliphatic heterocycles. The van der Waals surface area contributed by atoms with Crippen LogP contribution in [0.25, 0.3) is 0 Å². The SMILES string of the molecule is NCC#Cc1cc(F)ccc1S(=O)(=O)NCc1cccs1. The lowest BCUT2D eigenvalue weighted by molar-refractivity contribution is 0.580. The molecule has 110 valence electrons. The van der Waals surface area contributed by atoms with Crippen LogP contribution in [0.15, 0.2) is 40.6 Å². The van der Waals surface area contributed by atoms with Gasteiger partial charge in [-0.1, -0.05) is 17.9 Å². The Hall–Kier alpha value is -1.72. The molecule has 0 aliphatic rings. The minimum Gasteiger partial charge on any atom is -0.320 e. The molecule has 0 atom stereocenters. The van der Waals surface area contributed by atoms with Gasteiger partial charge < -0.3 is 5.73 Å². The van der Waals surface area contributed by atoms with Crippen LogP contribution in [0.2, 0.25) is 0 Å². The summed E-state index contributed by atoms with van der Waals surface area (Å²) in [4.78, 5) is 0.830. The summed E-state index contributed by atoms with van der Waals surface area (Å²) in [5.41, 5.74) is 5.36. The fourth-order valence-electron chi connectivity index (χ4n) is 1.64. The molecule has 7 heteroatoms. The van der Waals surface area contributed by atoms with Crippen LogP contribution in [0, 0.1) is 17.7 Å². The van der Waals surface area contributed by atoms with Gasteiger partial charge in [0, 0.05) is 17.0 Å². The number of hydrogen-bond acceptors (Lipinski definition) is 4. The number of nitrogens with two attached hydrogens (primary N) is 1. The van der Waals surface area contributed by atoms with Crippen LogP contribution in [0.1, 0.15) is 10.4 Å². The van der Waals surface area contributed by atoms with E-state index in [0.717, 1.165) is 17.0 Å². The van der Waals surface area contributed by atoms with E-state index < -0.39 is 15.8 Å². The summed E-state index contributed by atoms with van der Waals surface area (Å²) in [5, 5.41) is 1.86. The van der Waals surface area contributed by atoms with Crippen molar-refractivity contribution < 1.29 is 12.8 Å². The van der Waals surface area contributed by atoms with E-state index in [1.54, 1.807) is 0 Å². The minimum absolute atomic E-state index is 0.0543. The van der Waals surface area contributed by atoms with Crippen molar-refractivity contribution in [2.24, 2.45) is 5.73 Å². The van der Waals surface area contributed by atoms with E-state index in [9.17, 15) is 12.8 Å². The van der Waals surface area contributed by atoms with Gasteiger partial charge in [0.15, 0.2) is 0 Å². The predicted octanol–water partition coefficient (Wildman–Crippen LogP) is 1.68. The van der Waals surface area contributed by atoms with Crippen molar-refractivity contribution in [1.29, 1.82) is 0 Å². The Morgan fingerprint density at radius 1 is 1.33 bits per heavy atom. The smallest absolute Gasteiger partial charge is 0.242 e. The molecule has 0 radical (unpaired) electrons. The lowest BCUT2D eigenvalue weighted by atomic mass is 10.2. The van der Waals surface area contributed by atoms with Crippen molar-refractivity contribution in [1.82, 2.24) is 4.72 Å². The molecule has 1 aromatic carbocycles. The third-order valence-electron chi connectivity index (χ3n) is 2.57. The van der Waals surface area contributed by atoms with Crippen molar-refractivity contribution in [3.8, 4) is 11.8 Å². The molecule has 0 aliphatic carbocycles. The van der Waals surface area contributed by atoms with Gasteiger partial charge in [0.2, 0.25) is 10.0 Å². The molecular weight excluding hydrogens is 311 g/mol. The monoisotopic (exact) mass is 324 g/mol. The highest BCUT2D eigenvalue weighted by atomic mass is 32.2. The lowest BCUT2D eigenvalue weighted by Crippen LogP contribution is -2.23. The predicted molar refractivity (Wildman–Crippen MR) is 80.7 cm³/mol. The number of thiophene rings is 1. The quantitative estimate of drug-likeness (QED) is 0.841. The molecule has 0 saturated heterocycles. The molecule has 2 aromatic rings. The Labute approximate surface area is 126 Å². The normalized spacial score (nSPS) is 11.0. The Bertz CT molecular complexity index is 775. The maximum atomic E-state index is 13.3. The first-order valence-electron chi connectivity index (χ1n) is 6.03. The fraction of sp³-hybridized carbons (Fsp3) is 0.143. The second kappa shape index (κ2) is 6.83. The largest absolute Gasteiger partial charge is 0.320 e. The van der Waals surface area contributed by atoms with Gasteiger partial charge in [-0.2, -0.15) is 0 Å². The Morgan fingerprint density at radius 2 is 2.14 bits per heavy atom. The summed E-state index contributed by atoms with van der Waals surface area (Å²) in [6.45, 7) is 0.250. The molecule has 0 spiro atoms. The molecule has 4 nitrogen and oxygen atoms in total. The van der Waals surface area contributed by atoms with E-state index >= 15 is 0 Å². The number of hydrogen-bond donors (Lipinski definition) is 2. The number of rotatable bonds is 4. The molecule has 0 bridgehead atoms. The Morgan fingerprint density at radius 3 is 2.81 bits per heavy atom. The maximum Gasteiger partial charge on any atom is 0.242 e. The highest BCUT2D eigenvalue weighted by Crippen LogP contribution is 2.17. The van der Waals surface area contributed by atoms with Crippen LogP contribution >= 0.6 is 11.3 Å². The second-order valence-corrected chi connectivity index (χ2v) is 6.82. The molecule has 0 amide bonds. The van der Waals surface area contributed by atoms with Crippen LogP contribution in [0.5, 0.6) is 0 Å². The van der Waals surface area contributed by atoms with Gasteiger partial charge in [0.1, 0.15) is 5.82 Å². The van der Waals surface area contributed by atoms with Crippen molar-refractivity contribution >= 4 is 21.4 Å². The molecule has 21 heavy (non-hydrogen) atoms. The Balaban J connectivity index is 2.30. The molecule has 0 fully saturated rings. The van der Waals surface area contributed by atoms with E-state index in [0.29, 0.717) is 0 Å². The zero-order chi connectivity index (χ0) is 15.3. The van der Waals surface area contributed by atoms with E-state index in [2.05, 4.69) is 16.6 Å². The average Bonchev–Trinajstić information content (AvgIpc) is 2.96. The maximum absolute atomic E-state index is 13.3. The summed E-state index contributed by atoms with van der Waals surface area (Å²) in [6, 6.07) is 7.04. The highest BCUT2D eigenvalue weighted by molar-refractivity contribution is 7.89. The summed E-state index contributed by atoms with van der Waals surface area (Å²) in [6.07, 6.45) is 0. The molecule has 0 unspecified atom stereocenters. The van der Waals surface area contributed by atoms with E-state index in [1.807, 2.05) is 17.5 Å². The average molecular weight is 324 g/mol. The van der Waals surface area contributed by atoms with Crippen LogP contribution in [0.4, 0.5) is 4.39 Å². The zero-order valence-electron chi connectivity index (χ0n) is 11.0. The van der Waals surface area contributed by atoms with Gasteiger partial charge in [-0.15, -0.1) is 11.3 Å². The van der Waals surface area contributed by atoms with Gasteiger partial charge in [0.25, 0.3) is 0 Å². The van der Waals surface area contributed by atoms with Crippen molar-refractivity contribution in [3.05, 3.63) is 52.0 Å². The minimum atomic E-state index is -3.77. The molecular formula is C14H13FN2O2S2. The van der Waals surface area contributed by atoms with Crippen molar-refractivity contribution in [2.45, 2.75) is 11.4 Å². The molecule has 3 N–H and O–H groups in total. The standard InChI is InChI=1S/C14H13FN2O2S2/c15-12-5-6-14(11(9-12)3-1-7-16)21(18,19)17-10-13-4-2-8-20-13/h2,4-6,8-9,17H,7,10,16H2. The van der Waals surface area contributed by atoms with Gasteiger partial charge in [0.05, 0.1) is 11.4 Å². The molecule has 1 aromatic heterocycles. The summed E-state index contributed by atoms with van der Waals surface area (Å²) in [5.74, 6) is 4.57. The number of sulfonamides is 1. The first-order valence-corrected chi connectivity index (χ1v) is 8.40. The zero-order valence-corrected chi connectivity index (χ0v) is 12.6. The summed E-state index contributed by atoms with van der Waals surface area (Å²) in [7, 11) is -3.77. The van der Waals surface area contributed by atoms with Crippen LogP contribution < -0.4 is 10.5 Å². The van der Waals surface area contributed by atoms with Crippen molar-refractivity contribution in [2.75, 3.05) is 6.54 Å². The summed E-state index contributed by atoms with van der Waals surface area (Å²) >= 11 is 1.45. The van der Waals surface area contributed by atoms with Crippen LogP contribution in [-0.4, -0.2) is 15.0 Å². The lowest BCUT2D eigenvalue weighted by Gasteiger charge is -2.08. The van der Waals surface area contributed by atoms with Crippen LogP contribution in [0.3, 0.4) is 0 Å². The summed E-state index contributed by atoms with van der Waals surface area (Å²) < 4.78 is 40.3. The van der Waals surface area contributed by atoms with Gasteiger partial charge >= 0.3 is 0 Å². The van der Waals surface area contributed by atoms with Crippen LogP contribution in [-0.2, 0) is 16.6 Å². The first-order chi connectivity index (χ1) is 10.0. The molecule has 2 rings (SSSR count). The van der Waals surface area contributed by atoms with E-state index in [-0.39, 0.29) is 23.5 Å². The second-order valence-electron chi connectivity index (χ2n) is 4.05. The first kappa shape index (κ1) is 15.7. The highest BCUT2D eigenvalue weighted by Gasteiger charge is 2.18. The molecule has 1 heterocycles. The van der Waals surface area contributed by atoms with E-state index in [1.165, 1.54) is 17.4 Å². The number of halogens is 1. The third-order valence-corrected chi connectivity index (χ3v) is 4.91. The topological polar surface area (TPSA) is 72.2 Å².